The van der Waals surface area contributed by atoms with Gasteiger partial charge in [0.15, 0.2) is 0 Å². The SMILES string of the molecule is O=C1CCc2cccc(c2)-c2cccc(c2)CC[C@@H](C(=O)N[C@@H](Cc2ccccc2)C(=O)C(=O)NCc2ccccc2)NC(=O)C2(CC2)N1. The summed E-state index contributed by atoms with van der Waals surface area (Å²) >= 11 is 0. The van der Waals surface area contributed by atoms with E-state index in [1.54, 1.807) is 0 Å². The Morgan fingerprint density at radius 1 is 0.735 bits per heavy atom. The van der Waals surface area contributed by atoms with Gasteiger partial charge in [0.25, 0.3) is 5.91 Å². The monoisotopic (exact) mass is 656 g/mol. The van der Waals surface area contributed by atoms with Crippen LogP contribution in [0, 0.1) is 0 Å². The number of benzene rings is 4. The van der Waals surface area contributed by atoms with Gasteiger partial charge in [-0.05, 0) is 65.5 Å². The van der Waals surface area contributed by atoms with E-state index in [2.05, 4.69) is 33.4 Å². The highest BCUT2D eigenvalue weighted by Gasteiger charge is 2.51. The van der Waals surface area contributed by atoms with Gasteiger partial charge >= 0.3 is 0 Å². The first-order chi connectivity index (χ1) is 23.8. The first-order valence-corrected chi connectivity index (χ1v) is 16.8. The number of carbonyl (C=O) groups is 5. The van der Waals surface area contributed by atoms with Crippen LogP contribution in [0.5, 0.6) is 0 Å². The largest absolute Gasteiger partial charge is 0.345 e. The van der Waals surface area contributed by atoms with Crippen LogP contribution in [0.3, 0.4) is 0 Å². The fourth-order valence-electron chi connectivity index (χ4n) is 6.17. The van der Waals surface area contributed by atoms with Crippen molar-refractivity contribution >= 4 is 29.4 Å². The van der Waals surface area contributed by atoms with E-state index in [4.69, 9.17) is 0 Å². The molecule has 9 nitrogen and oxygen atoms in total. The quantitative estimate of drug-likeness (QED) is 0.213. The number of Topliss-reactive ketones (excluding diaryl/α,β-unsaturated/α-hetero) is 1. The van der Waals surface area contributed by atoms with Gasteiger partial charge in [0, 0.05) is 19.4 Å². The van der Waals surface area contributed by atoms with Gasteiger partial charge in [-0.3, -0.25) is 24.0 Å². The van der Waals surface area contributed by atoms with Crippen LogP contribution >= 0.6 is 0 Å². The highest BCUT2D eigenvalue weighted by Crippen LogP contribution is 2.36. The van der Waals surface area contributed by atoms with Crippen molar-refractivity contribution in [1.29, 1.82) is 0 Å². The number of aryl methyl sites for hydroxylation is 2. The third kappa shape index (κ3) is 8.67. The van der Waals surface area contributed by atoms with E-state index in [1.807, 2.05) is 97.1 Å². The Labute approximate surface area is 285 Å². The minimum Gasteiger partial charge on any atom is -0.345 e. The molecule has 0 unspecified atom stereocenters. The number of rotatable bonds is 8. The van der Waals surface area contributed by atoms with Gasteiger partial charge in [0.05, 0.1) is 0 Å². The summed E-state index contributed by atoms with van der Waals surface area (Å²) in [7, 11) is 0. The number of amides is 4. The summed E-state index contributed by atoms with van der Waals surface area (Å²) in [5.74, 6) is -2.84. The van der Waals surface area contributed by atoms with Crippen LogP contribution in [-0.2, 0) is 49.8 Å². The zero-order chi connectivity index (χ0) is 34.2. The van der Waals surface area contributed by atoms with Gasteiger partial charge in [0.1, 0.15) is 17.6 Å². The topological polar surface area (TPSA) is 133 Å². The fraction of sp³-hybridized carbons (Fsp3) is 0.275. The van der Waals surface area contributed by atoms with Crippen LogP contribution < -0.4 is 21.3 Å². The molecule has 4 amide bonds. The van der Waals surface area contributed by atoms with Crippen molar-refractivity contribution in [2.24, 2.45) is 0 Å². The number of carbonyl (C=O) groups excluding carboxylic acids is 5. The molecule has 250 valence electrons. The second kappa shape index (κ2) is 15.1. The number of ketones is 1. The molecule has 0 saturated heterocycles. The van der Waals surface area contributed by atoms with Crippen LogP contribution in [0.4, 0.5) is 0 Å². The Morgan fingerprint density at radius 2 is 1.35 bits per heavy atom. The molecule has 2 aliphatic rings. The molecule has 4 aromatic carbocycles. The molecule has 0 aromatic heterocycles. The Morgan fingerprint density at radius 3 is 1.98 bits per heavy atom. The highest BCUT2D eigenvalue weighted by atomic mass is 16.2. The van der Waals surface area contributed by atoms with Crippen LogP contribution in [0.1, 0.15) is 47.9 Å². The molecule has 4 aromatic rings. The van der Waals surface area contributed by atoms with Crippen molar-refractivity contribution in [3.63, 3.8) is 0 Å². The summed E-state index contributed by atoms with van der Waals surface area (Å²) in [4.78, 5) is 67.3. The Kier molecular flexibility index (Phi) is 10.3. The van der Waals surface area contributed by atoms with Crippen molar-refractivity contribution in [2.75, 3.05) is 0 Å². The summed E-state index contributed by atoms with van der Waals surface area (Å²) in [6.07, 6.45) is 2.46. The average Bonchev–Trinajstić information content (AvgIpc) is 3.92. The molecule has 2 atom stereocenters. The third-order valence-corrected chi connectivity index (χ3v) is 9.17. The molecule has 9 heteroatoms. The van der Waals surface area contributed by atoms with Crippen molar-refractivity contribution in [3.05, 3.63) is 131 Å². The average molecular weight is 657 g/mol. The first kappa shape index (κ1) is 33.3. The van der Waals surface area contributed by atoms with Gasteiger partial charge in [-0.2, -0.15) is 0 Å². The first-order valence-electron chi connectivity index (χ1n) is 16.8. The Hall–Kier alpha value is -5.57. The normalized spacial score (nSPS) is 17.6. The number of hydrogen-bond acceptors (Lipinski definition) is 5. The lowest BCUT2D eigenvalue weighted by Crippen LogP contribution is -2.58. The fourth-order valence-corrected chi connectivity index (χ4v) is 6.17. The molecule has 0 radical (unpaired) electrons. The molecule has 4 N–H and O–H groups in total. The minimum absolute atomic E-state index is 0.0892. The molecule has 6 rings (SSSR count). The lowest BCUT2D eigenvalue weighted by molar-refractivity contribution is -0.140. The second-order valence-corrected chi connectivity index (χ2v) is 12.9. The van der Waals surface area contributed by atoms with Gasteiger partial charge in [-0.1, -0.05) is 109 Å². The molecule has 4 bridgehead atoms. The van der Waals surface area contributed by atoms with E-state index in [1.165, 1.54) is 0 Å². The lowest BCUT2D eigenvalue weighted by Gasteiger charge is -2.25. The summed E-state index contributed by atoms with van der Waals surface area (Å²) in [5, 5.41) is 11.3. The Balaban J connectivity index is 1.24. The predicted molar refractivity (Wildman–Crippen MR) is 186 cm³/mol. The molecular formula is C40H40N4O5. The molecule has 1 saturated carbocycles. The van der Waals surface area contributed by atoms with Gasteiger partial charge in [-0.15, -0.1) is 0 Å². The van der Waals surface area contributed by atoms with Crippen molar-refractivity contribution in [2.45, 2.75) is 69.1 Å². The molecule has 1 fully saturated rings. The maximum atomic E-state index is 14.0. The summed E-state index contributed by atoms with van der Waals surface area (Å²) in [6, 6.07) is 32.3. The van der Waals surface area contributed by atoms with E-state index >= 15 is 0 Å². The van der Waals surface area contributed by atoms with Crippen LogP contribution in [0.2, 0.25) is 0 Å². The second-order valence-electron chi connectivity index (χ2n) is 12.9. The molecule has 1 aliphatic carbocycles. The standard InChI is InChI=1S/C40H40N4O5/c45-35-20-18-29-14-8-16-32(24-29)31-15-7-13-28(23-31)17-19-33(43-39(49)40(44-35)21-22-40)37(47)42-34(25-27-9-3-1-4-10-27)36(46)38(48)41-26-30-11-5-2-6-12-30/h1-16,23-24,33-34H,17-22,25-26H2,(H,41,48)(H,42,47)(H,43,49)(H,44,45)/t33-,34-/m0/s1. The summed E-state index contributed by atoms with van der Waals surface area (Å²) in [5.41, 5.74) is 4.57. The van der Waals surface area contributed by atoms with Gasteiger partial charge < -0.3 is 21.3 Å². The maximum absolute atomic E-state index is 14.0. The van der Waals surface area contributed by atoms with Crippen LogP contribution in [-0.4, -0.2) is 47.0 Å². The Bertz CT molecular complexity index is 1840. The molecule has 1 spiro atoms. The smallest absolute Gasteiger partial charge is 0.289 e. The molecular weight excluding hydrogens is 616 g/mol. The van der Waals surface area contributed by atoms with Crippen molar-refractivity contribution < 1.29 is 24.0 Å². The zero-order valence-electron chi connectivity index (χ0n) is 27.2. The van der Waals surface area contributed by atoms with Crippen molar-refractivity contribution in [3.8, 4) is 11.1 Å². The third-order valence-electron chi connectivity index (χ3n) is 9.17. The molecule has 49 heavy (non-hydrogen) atoms. The number of nitrogens with one attached hydrogen (secondary N) is 4. The van der Waals surface area contributed by atoms with Crippen LogP contribution in [0.15, 0.2) is 109 Å². The molecule has 1 aliphatic heterocycles. The maximum Gasteiger partial charge on any atom is 0.289 e. The van der Waals surface area contributed by atoms with E-state index in [-0.39, 0.29) is 31.7 Å². The summed E-state index contributed by atoms with van der Waals surface area (Å²) < 4.78 is 0. The number of fused-ring (bicyclic) bond motifs is 5. The molecule has 1 heterocycles. The van der Waals surface area contributed by atoms with E-state index in [0.29, 0.717) is 25.7 Å². The van der Waals surface area contributed by atoms with Gasteiger partial charge in [-0.25, -0.2) is 0 Å². The van der Waals surface area contributed by atoms with E-state index < -0.39 is 41.1 Å². The highest BCUT2D eigenvalue weighted by molar-refractivity contribution is 6.38. The zero-order valence-corrected chi connectivity index (χ0v) is 27.2. The van der Waals surface area contributed by atoms with Crippen molar-refractivity contribution in [1.82, 2.24) is 21.3 Å². The predicted octanol–water partition coefficient (Wildman–Crippen LogP) is 3.98. The van der Waals surface area contributed by atoms with E-state index in [9.17, 15) is 24.0 Å². The van der Waals surface area contributed by atoms with Crippen LogP contribution in [0.25, 0.3) is 11.1 Å². The summed E-state index contributed by atoms with van der Waals surface area (Å²) in [6.45, 7) is 0.160. The minimum atomic E-state index is -1.17. The number of hydrogen-bond donors (Lipinski definition) is 4. The van der Waals surface area contributed by atoms with E-state index in [0.717, 1.165) is 33.4 Å². The van der Waals surface area contributed by atoms with Gasteiger partial charge in [0.2, 0.25) is 23.5 Å². The lowest BCUT2D eigenvalue weighted by atomic mass is 9.96.